The number of oxime groups is 1. The van der Waals surface area contributed by atoms with Gasteiger partial charge in [0.15, 0.2) is 5.84 Å². The largest absolute Gasteiger partial charge is 0.409 e. The Hall–Kier alpha value is -1.78. The van der Waals surface area contributed by atoms with Gasteiger partial charge in [0.25, 0.3) is 0 Å². The van der Waals surface area contributed by atoms with Crippen LogP contribution in [0, 0.1) is 5.92 Å². The van der Waals surface area contributed by atoms with E-state index in [0.29, 0.717) is 5.56 Å². The predicted octanol–water partition coefficient (Wildman–Crippen LogP) is 1.80. The number of hydrogen-bond donors (Lipinski definition) is 2. The Kier molecular flexibility index (Phi) is 4.02. The van der Waals surface area contributed by atoms with E-state index in [0.717, 1.165) is 24.8 Å². The highest BCUT2D eigenvalue weighted by Crippen LogP contribution is 2.28. The van der Waals surface area contributed by atoms with Crippen molar-refractivity contribution in [1.82, 2.24) is 4.98 Å². The normalized spacial score (nSPS) is 16.4. The number of pyridine rings is 1. The third kappa shape index (κ3) is 2.72. The Balaban J connectivity index is 2.06. The van der Waals surface area contributed by atoms with Gasteiger partial charge in [0.05, 0.1) is 0 Å². The molecule has 0 aliphatic heterocycles. The van der Waals surface area contributed by atoms with E-state index in [2.05, 4.69) is 22.0 Å². The summed E-state index contributed by atoms with van der Waals surface area (Å²) in [5.41, 5.74) is 6.15. The zero-order valence-corrected chi connectivity index (χ0v) is 10.7. The maximum Gasteiger partial charge on any atom is 0.171 e. The SMILES string of the molecule is CCN(CC1CCC1)c1ccc(/C(N)=N/O)cn1. The van der Waals surface area contributed by atoms with E-state index in [-0.39, 0.29) is 5.84 Å². The van der Waals surface area contributed by atoms with Gasteiger partial charge in [-0.05, 0) is 37.8 Å². The van der Waals surface area contributed by atoms with E-state index in [4.69, 9.17) is 10.9 Å². The highest BCUT2D eigenvalue weighted by atomic mass is 16.4. The van der Waals surface area contributed by atoms with Gasteiger partial charge in [-0.25, -0.2) is 4.98 Å². The van der Waals surface area contributed by atoms with Crippen LogP contribution in [0.4, 0.5) is 5.82 Å². The van der Waals surface area contributed by atoms with E-state index in [1.54, 1.807) is 6.20 Å². The molecule has 1 aliphatic rings. The molecule has 2 rings (SSSR count). The van der Waals surface area contributed by atoms with Gasteiger partial charge in [-0.2, -0.15) is 0 Å². The third-order valence-corrected chi connectivity index (χ3v) is 3.56. The number of rotatable bonds is 5. The number of nitrogens with two attached hydrogens (primary N) is 1. The van der Waals surface area contributed by atoms with Crippen molar-refractivity contribution >= 4 is 11.7 Å². The zero-order chi connectivity index (χ0) is 13.0. The summed E-state index contributed by atoms with van der Waals surface area (Å²) in [5.74, 6) is 1.87. The van der Waals surface area contributed by atoms with Crippen LogP contribution in [0.25, 0.3) is 0 Å². The summed E-state index contributed by atoms with van der Waals surface area (Å²) in [6.45, 7) is 4.16. The molecule has 5 heteroatoms. The Labute approximate surface area is 107 Å². The maximum absolute atomic E-state index is 8.60. The molecule has 1 aliphatic carbocycles. The van der Waals surface area contributed by atoms with E-state index in [9.17, 15) is 0 Å². The lowest BCUT2D eigenvalue weighted by atomic mass is 9.85. The molecule has 5 nitrogen and oxygen atoms in total. The van der Waals surface area contributed by atoms with Gasteiger partial charge >= 0.3 is 0 Å². The molecule has 0 atom stereocenters. The van der Waals surface area contributed by atoms with Crippen molar-refractivity contribution in [1.29, 1.82) is 0 Å². The lowest BCUT2D eigenvalue weighted by molar-refractivity contribution is 0.318. The van der Waals surface area contributed by atoms with E-state index >= 15 is 0 Å². The monoisotopic (exact) mass is 248 g/mol. The molecule has 0 saturated heterocycles. The Morgan fingerprint density at radius 3 is 2.78 bits per heavy atom. The molecule has 0 amide bonds. The molecule has 0 spiro atoms. The van der Waals surface area contributed by atoms with Gasteiger partial charge in [-0.1, -0.05) is 11.6 Å². The standard InChI is InChI=1S/C13H20N4O/c1-2-17(9-10-4-3-5-10)12-7-6-11(8-15-12)13(14)16-18/h6-8,10,18H,2-5,9H2,1H3,(H2,14,16). The fraction of sp³-hybridized carbons (Fsp3) is 0.538. The molecule has 0 unspecified atom stereocenters. The first-order valence-electron chi connectivity index (χ1n) is 6.43. The minimum Gasteiger partial charge on any atom is -0.409 e. The Bertz CT molecular complexity index is 412. The van der Waals surface area contributed by atoms with Crippen LogP contribution in [0.15, 0.2) is 23.5 Å². The van der Waals surface area contributed by atoms with E-state index in [1.807, 2.05) is 12.1 Å². The van der Waals surface area contributed by atoms with Crippen LogP contribution >= 0.6 is 0 Å². The summed E-state index contributed by atoms with van der Waals surface area (Å²) in [7, 11) is 0. The minimum absolute atomic E-state index is 0.0936. The van der Waals surface area contributed by atoms with Crippen molar-refractivity contribution in [2.24, 2.45) is 16.8 Å². The molecule has 0 aromatic carbocycles. The van der Waals surface area contributed by atoms with Gasteiger partial charge < -0.3 is 15.8 Å². The van der Waals surface area contributed by atoms with Crippen molar-refractivity contribution < 1.29 is 5.21 Å². The molecule has 1 fully saturated rings. The maximum atomic E-state index is 8.60. The van der Waals surface area contributed by atoms with Gasteiger partial charge in [-0.15, -0.1) is 0 Å². The highest BCUT2D eigenvalue weighted by Gasteiger charge is 2.20. The van der Waals surface area contributed by atoms with Crippen molar-refractivity contribution in [3.05, 3.63) is 23.9 Å². The summed E-state index contributed by atoms with van der Waals surface area (Å²) in [6.07, 6.45) is 5.67. The first-order chi connectivity index (χ1) is 8.74. The summed E-state index contributed by atoms with van der Waals surface area (Å²) in [4.78, 5) is 6.66. The average Bonchev–Trinajstić information content (AvgIpc) is 2.37. The van der Waals surface area contributed by atoms with Crippen molar-refractivity contribution in [3.8, 4) is 0 Å². The quantitative estimate of drug-likeness (QED) is 0.360. The minimum atomic E-state index is 0.0936. The number of hydrogen-bond acceptors (Lipinski definition) is 4. The van der Waals surface area contributed by atoms with Crippen LogP contribution < -0.4 is 10.6 Å². The smallest absolute Gasteiger partial charge is 0.171 e. The van der Waals surface area contributed by atoms with Crippen molar-refractivity contribution in [2.75, 3.05) is 18.0 Å². The highest BCUT2D eigenvalue weighted by molar-refractivity contribution is 5.96. The van der Waals surface area contributed by atoms with E-state index in [1.165, 1.54) is 19.3 Å². The second kappa shape index (κ2) is 5.71. The average molecular weight is 248 g/mol. The number of nitrogens with zero attached hydrogens (tertiary/aromatic N) is 3. The van der Waals surface area contributed by atoms with Crippen LogP contribution in [0.2, 0.25) is 0 Å². The fourth-order valence-electron chi connectivity index (χ4n) is 2.15. The van der Waals surface area contributed by atoms with Gasteiger partial charge in [0.1, 0.15) is 5.82 Å². The third-order valence-electron chi connectivity index (χ3n) is 3.56. The lowest BCUT2D eigenvalue weighted by Gasteiger charge is -2.32. The predicted molar refractivity (Wildman–Crippen MR) is 72.0 cm³/mol. The van der Waals surface area contributed by atoms with Crippen LogP contribution in [0.5, 0.6) is 0 Å². The summed E-state index contributed by atoms with van der Waals surface area (Å²) < 4.78 is 0. The molecular formula is C13H20N4O. The number of aromatic nitrogens is 1. The Morgan fingerprint density at radius 2 is 2.33 bits per heavy atom. The van der Waals surface area contributed by atoms with Gasteiger partial charge in [0.2, 0.25) is 0 Å². The molecule has 3 N–H and O–H groups in total. The molecule has 1 aromatic rings. The lowest BCUT2D eigenvalue weighted by Crippen LogP contribution is -2.33. The van der Waals surface area contributed by atoms with Crippen molar-refractivity contribution in [2.45, 2.75) is 26.2 Å². The Morgan fingerprint density at radius 1 is 1.56 bits per heavy atom. The summed E-state index contributed by atoms with van der Waals surface area (Å²) in [6, 6.07) is 3.76. The number of anilines is 1. The van der Waals surface area contributed by atoms with Gasteiger partial charge in [0, 0.05) is 24.8 Å². The first kappa shape index (κ1) is 12.7. The summed E-state index contributed by atoms with van der Waals surface area (Å²) in [5, 5.41) is 11.6. The molecule has 0 radical (unpaired) electrons. The molecular weight excluding hydrogens is 228 g/mol. The second-order valence-corrected chi connectivity index (χ2v) is 4.73. The molecule has 1 saturated carbocycles. The molecule has 98 valence electrons. The summed E-state index contributed by atoms with van der Waals surface area (Å²) >= 11 is 0. The van der Waals surface area contributed by atoms with E-state index < -0.39 is 0 Å². The van der Waals surface area contributed by atoms with Crippen LogP contribution in [0.1, 0.15) is 31.7 Å². The molecule has 1 aromatic heterocycles. The topological polar surface area (TPSA) is 74.7 Å². The molecule has 0 bridgehead atoms. The first-order valence-corrected chi connectivity index (χ1v) is 6.43. The molecule has 18 heavy (non-hydrogen) atoms. The zero-order valence-electron chi connectivity index (χ0n) is 10.7. The molecule has 1 heterocycles. The fourth-order valence-corrected chi connectivity index (χ4v) is 2.15. The van der Waals surface area contributed by atoms with Crippen LogP contribution in [-0.4, -0.2) is 29.1 Å². The number of amidine groups is 1. The van der Waals surface area contributed by atoms with Crippen LogP contribution in [0.3, 0.4) is 0 Å². The van der Waals surface area contributed by atoms with Crippen LogP contribution in [-0.2, 0) is 0 Å². The van der Waals surface area contributed by atoms with Gasteiger partial charge in [-0.3, -0.25) is 0 Å². The second-order valence-electron chi connectivity index (χ2n) is 4.73. The van der Waals surface area contributed by atoms with Crippen molar-refractivity contribution in [3.63, 3.8) is 0 Å².